The molecule has 1 rings (SSSR count). The maximum absolute atomic E-state index is 13.4. The molecule has 16 heavy (non-hydrogen) atoms. The molecule has 2 nitrogen and oxygen atoms in total. The van der Waals surface area contributed by atoms with E-state index in [1.807, 2.05) is 13.8 Å². The number of benzene rings is 1. The van der Waals surface area contributed by atoms with E-state index in [-0.39, 0.29) is 11.8 Å². The quantitative estimate of drug-likeness (QED) is 0.833. The van der Waals surface area contributed by atoms with E-state index < -0.39 is 11.6 Å². The number of rotatable bonds is 5. The Balaban J connectivity index is 2.91. The molecular weight excluding hydrogens is 212 g/mol. The zero-order valence-electron chi connectivity index (χ0n) is 9.81. The van der Waals surface area contributed by atoms with E-state index in [0.29, 0.717) is 5.69 Å². The largest absolute Gasteiger partial charge is 0.491 e. The van der Waals surface area contributed by atoms with Crippen LogP contribution in [0.4, 0.5) is 14.5 Å². The van der Waals surface area contributed by atoms with Gasteiger partial charge in [0.05, 0.1) is 7.11 Å². The summed E-state index contributed by atoms with van der Waals surface area (Å²) in [5.74, 6) is -1.71. The molecule has 0 aromatic heterocycles. The molecule has 1 aromatic rings. The second-order valence-corrected chi connectivity index (χ2v) is 3.63. The Labute approximate surface area is 94.6 Å². The zero-order chi connectivity index (χ0) is 12.1. The first-order valence-corrected chi connectivity index (χ1v) is 5.41. The Bertz CT molecular complexity index is 328. The highest BCUT2D eigenvalue weighted by Crippen LogP contribution is 2.26. The van der Waals surface area contributed by atoms with Crippen molar-refractivity contribution >= 4 is 5.69 Å². The number of nitrogens with one attached hydrogen (secondary N) is 1. The van der Waals surface area contributed by atoms with E-state index >= 15 is 0 Å². The topological polar surface area (TPSA) is 21.3 Å². The van der Waals surface area contributed by atoms with Crippen LogP contribution in [0.1, 0.15) is 26.7 Å². The van der Waals surface area contributed by atoms with Gasteiger partial charge >= 0.3 is 0 Å². The van der Waals surface area contributed by atoms with Crippen LogP contribution in [0.3, 0.4) is 0 Å². The van der Waals surface area contributed by atoms with Crippen LogP contribution in [0.2, 0.25) is 0 Å². The fraction of sp³-hybridized carbons (Fsp3) is 0.500. The van der Waals surface area contributed by atoms with E-state index in [9.17, 15) is 8.78 Å². The fourth-order valence-corrected chi connectivity index (χ4v) is 1.57. The normalized spacial score (nSPS) is 10.6. The number of halogens is 2. The molecule has 1 aromatic carbocycles. The lowest BCUT2D eigenvalue weighted by Crippen LogP contribution is -2.17. The lowest BCUT2D eigenvalue weighted by Gasteiger charge is -2.17. The molecule has 0 aliphatic heterocycles. The van der Waals surface area contributed by atoms with E-state index in [1.165, 1.54) is 19.2 Å². The molecular formula is C12H17F2NO. The third-order valence-corrected chi connectivity index (χ3v) is 2.56. The molecule has 0 bridgehead atoms. The first-order valence-electron chi connectivity index (χ1n) is 5.41. The van der Waals surface area contributed by atoms with Gasteiger partial charge in [-0.25, -0.2) is 8.78 Å². The van der Waals surface area contributed by atoms with Gasteiger partial charge in [0.1, 0.15) is 0 Å². The predicted octanol–water partition coefficient (Wildman–Crippen LogP) is 3.57. The molecule has 0 saturated heterocycles. The van der Waals surface area contributed by atoms with Gasteiger partial charge in [0.25, 0.3) is 0 Å². The Kier molecular flexibility index (Phi) is 4.52. The molecule has 0 aliphatic carbocycles. The van der Waals surface area contributed by atoms with E-state index in [4.69, 9.17) is 0 Å². The van der Waals surface area contributed by atoms with Gasteiger partial charge in [-0.2, -0.15) is 0 Å². The first-order chi connectivity index (χ1) is 7.62. The Morgan fingerprint density at radius 2 is 1.69 bits per heavy atom. The van der Waals surface area contributed by atoms with Crippen molar-refractivity contribution in [3.63, 3.8) is 0 Å². The summed E-state index contributed by atoms with van der Waals surface area (Å²) in [7, 11) is 1.25. The highest BCUT2D eigenvalue weighted by Gasteiger charge is 2.12. The average Bonchev–Trinajstić information content (AvgIpc) is 2.25. The van der Waals surface area contributed by atoms with Crippen LogP contribution >= 0.6 is 0 Å². The summed E-state index contributed by atoms with van der Waals surface area (Å²) in [6, 6.07) is 2.73. The van der Waals surface area contributed by atoms with Gasteiger partial charge in [-0.1, -0.05) is 13.8 Å². The standard InChI is InChI=1S/C12H17F2NO/c1-4-8(5-2)15-9-6-10(13)12(16-3)11(14)7-9/h6-8,15H,4-5H2,1-3H3. The molecule has 4 heteroatoms. The lowest BCUT2D eigenvalue weighted by molar-refractivity contribution is 0.360. The smallest absolute Gasteiger partial charge is 0.190 e. The van der Waals surface area contributed by atoms with Gasteiger partial charge in [0.15, 0.2) is 17.4 Å². The van der Waals surface area contributed by atoms with Gasteiger partial charge in [-0.05, 0) is 12.8 Å². The summed E-state index contributed by atoms with van der Waals surface area (Å²) < 4.78 is 31.3. The summed E-state index contributed by atoms with van der Waals surface area (Å²) >= 11 is 0. The predicted molar refractivity (Wildman–Crippen MR) is 60.9 cm³/mol. The molecule has 0 heterocycles. The van der Waals surface area contributed by atoms with Crippen LogP contribution in [-0.4, -0.2) is 13.2 Å². The summed E-state index contributed by atoms with van der Waals surface area (Å²) in [6.45, 7) is 4.05. The minimum atomic E-state index is -0.684. The van der Waals surface area contributed by atoms with Crippen molar-refractivity contribution in [2.75, 3.05) is 12.4 Å². The molecule has 0 atom stereocenters. The van der Waals surface area contributed by atoms with Crippen molar-refractivity contribution in [3.05, 3.63) is 23.8 Å². The molecule has 0 saturated carbocycles. The van der Waals surface area contributed by atoms with Crippen LogP contribution in [0, 0.1) is 11.6 Å². The highest BCUT2D eigenvalue weighted by atomic mass is 19.1. The van der Waals surface area contributed by atoms with Crippen molar-refractivity contribution in [2.24, 2.45) is 0 Å². The van der Waals surface area contributed by atoms with Crippen molar-refractivity contribution in [2.45, 2.75) is 32.7 Å². The van der Waals surface area contributed by atoms with E-state index in [2.05, 4.69) is 10.1 Å². The third-order valence-electron chi connectivity index (χ3n) is 2.56. The van der Waals surface area contributed by atoms with Crippen molar-refractivity contribution < 1.29 is 13.5 Å². The van der Waals surface area contributed by atoms with Crippen molar-refractivity contribution in [1.82, 2.24) is 0 Å². The van der Waals surface area contributed by atoms with E-state index in [1.54, 1.807) is 0 Å². The van der Waals surface area contributed by atoms with Crippen LogP contribution in [0.15, 0.2) is 12.1 Å². The SMILES string of the molecule is CCC(CC)Nc1cc(F)c(OC)c(F)c1. The van der Waals surface area contributed by atoms with E-state index in [0.717, 1.165) is 12.8 Å². The van der Waals surface area contributed by atoms with Crippen molar-refractivity contribution in [3.8, 4) is 5.75 Å². The van der Waals surface area contributed by atoms with Crippen LogP contribution in [0.5, 0.6) is 5.75 Å². The lowest BCUT2D eigenvalue weighted by atomic mass is 10.1. The third kappa shape index (κ3) is 2.84. The monoisotopic (exact) mass is 229 g/mol. The van der Waals surface area contributed by atoms with Gasteiger partial charge in [0.2, 0.25) is 0 Å². The molecule has 0 fully saturated rings. The van der Waals surface area contributed by atoms with Crippen LogP contribution < -0.4 is 10.1 Å². The second-order valence-electron chi connectivity index (χ2n) is 3.63. The van der Waals surface area contributed by atoms with Crippen LogP contribution in [0.25, 0.3) is 0 Å². The number of ether oxygens (including phenoxy) is 1. The Hall–Kier alpha value is -1.32. The van der Waals surface area contributed by atoms with Crippen LogP contribution in [-0.2, 0) is 0 Å². The molecule has 90 valence electrons. The van der Waals surface area contributed by atoms with Crippen molar-refractivity contribution in [1.29, 1.82) is 0 Å². The summed E-state index contributed by atoms with van der Waals surface area (Å²) in [5, 5.41) is 3.08. The summed E-state index contributed by atoms with van der Waals surface area (Å²) in [4.78, 5) is 0. The minimum Gasteiger partial charge on any atom is -0.491 e. The number of hydrogen-bond donors (Lipinski definition) is 1. The first kappa shape index (κ1) is 12.7. The zero-order valence-corrected chi connectivity index (χ0v) is 9.81. The number of methoxy groups -OCH3 is 1. The number of anilines is 1. The average molecular weight is 229 g/mol. The van der Waals surface area contributed by atoms with Gasteiger partial charge in [0, 0.05) is 23.9 Å². The Morgan fingerprint density at radius 1 is 1.19 bits per heavy atom. The minimum absolute atomic E-state index is 0.229. The summed E-state index contributed by atoms with van der Waals surface area (Å²) in [6.07, 6.45) is 1.82. The Morgan fingerprint density at radius 3 is 2.06 bits per heavy atom. The molecule has 0 spiro atoms. The van der Waals surface area contributed by atoms with Gasteiger partial charge < -0.3 is 10.1 Å². The number of hydrogen-bond acceptors (Lipinski definition) is 2. The molecule has 0 unspecified atom stereocenters. The molecule has 0 aliphatic rings. The molecule has 0 radical (unpaired) electrons. The van der Waals surface area contributed by atoms with Gasteiger partial charge in [-0.15, -0.1) is 0 Å². The second kappa shape index (κ2) is 5.68. The maximum Gasteiger partial charge on any atom is 0.190 e. The maximum atomic E-state index is 13.4. The highest BCUT2D eigenvalue weighted by molar-refractivity contribution is 5.48. The summed E-state index contributed by atoms with van der Waals surface area (Å²) in [5.41, 5.74) is 0.449. The van der Waals surface area contributed by atoms with Gasteiger partial charge in [-0.3, -0.25) is 0 Å². The fourth-order valence-electron chi connectivity index (χ4n) is 1.57. The molecule has 0 amide bonds. The molecule has 1 N–H and O–H groups in total.